The average Bonchev–Trinajstić information content (AvgIpc) is 3.80. The van der Waals surface area contributed by atoms with Gasteiger partial charge in [0.15, 0.2) is 18.0 Å². The van der Waals surface area contributed by atoms with Crippen molar-refractivity contribution in [3.05, 3.63) is 41.0 Å². The summed E-state index contributed by atoms with van der Waals surface area (Å²) in [6.45, 7) is 2.57. The molecule has 2 aliphatic carbocycles. The van der Waals surface area contributed by atoms with E-state index in [-0.39, 0.29) is 52.6 Å². The number of benzene rings is 1. The van der Waals surface area contributed by atoms with Crippen molar-refractivity contribution in [2.75, 3.05) is 11.9 Å². The van der Waals surface area contributed by atoms with Gasteiger partial charge in [-0.05, 0) is 49.4 Å². The van der Waals surface area contributed by atoms with Crippen molar-refractivity contribution in [3.8, 4) is 5.88 Å². The van der Waals surface area contributed by atoms with Gasteiger partial charge in [0, 0.05) is 19.5 Å². The van der Waals surface area contributed by atoms with E-state index in [1.807, 2.05) is 0 Å². The van der Waals surface area contributed by atoms with Crippen LogP contribution >= 0.6 is 0 Å². The van der Waals surface area contributed by atoms with Gasteiger partial charge in [0.25, 0.3) is 6.43 Å². The second kappa shape index (κ2) is 15.0. The number of aryl methyl sites for hydroxylation is 1. The molecule has 246 valence electrons. The number of hydrogen-bond acceptors (Lipinski definition) is 6. The maximum Gasteiger partial charge on any atom is 0.418 e. The van der Waals surface area contributed by atoms with E-state index in [1.54, 1.807) is 0 Å². The number of alkyl halides is 5. The summed E-state index contributed by atoms with van der Waals surface area (Å²) in [7, 11) is 1.46. The van der Waals surface area contributed by atoms with Gasteiger partial charge in [0.1, 0.15) is 5.52 Å². The molecule has 0 saturated heterocycles. The van der Waals surface area contributed by atoms with E-state index in [2.05, 4.69) is 27.5 Å². The summed E-state index contributed by atoms with van der Waals surface area (Å²) in [5, 5.41) is 5.36. The first-order valence-electron chi connectivity index (χ1n) is 15.4. The minimum atomic E-state index is -4.68. The Kier molecular flexibility index (Phi) is 11.4. The lowest BCUT2D eigenvalue weighted by Crippen LogP contribution is -2.24. The van der Waals surface area contributed by atoms with Crippen LogP contribution in [0.1, 0.15) is 93.1 Å². The molecule has 13 heteroatoms. The number of halogens is 5. The number of fused-ring (bicyclic) bond motifs is 1. The predicted octanol–water partition coefficient (Wildman–Crippen LogP) is 7.97. The van der Waals surface area contributed by atoms with Crippen LogP contribution in [-0.4, -0.2) is 39.3 Å². The van der Waals surface area contributed by atoms with E-state index in [0.29, 0.717) is 5.56 Å². The number of nitrogens with one attached hydrogen (secondary N) is 2. The third-order valence-corrected chi connectivity index (χ3v) is 8.01. The van der Waals surface area contributed by atoms with Crippen molar-refractivity contribution in [2.24, 2.45) is 18.9 Å². The summed E-state index contributed by atoms with van der Waals surface area (Å²) in [4.78, 5) is 32.2. The Morgan fingerprint density at radius 1 is 1.07 bits per heavy atom. The Labute approximate surface area is 259 Å². The molecule has 0 bridgehead atoms. The second-order valence-electron chi connectivity index (χ2n) is 11.7. The summed E-state index contributed by atoms with van der Waals surface area (Å²) in [6, 6.07) is 4.74. The van der Waals surface area contributed by atoms with Crippen LogP contribution in [0.4, 0.5) is 33.6 Å². The zero-order chi connectivity index (χ0) is 32.7. The van der Waals surface area contributed by atoms with Crippen LogP contribution in [0.15, 0.2) is 24.3 Å². The van der Waals surface area contributed by atoms with Crippen molar-refractivity contribution in [1.29, 1.82) is 0 Å². The Bertz CT molecular complexity index is 1480. The van der Waals surface area contributed by atoms with Gasteiger partial charge in [-0.25, -0.2) is 13.8 Å². The number of ketones is 1. The molecule has 2 aromatic heterocycles. The number of amides is 1. The van der Waals surface area contributed by atoms with Gasteiger partial charge in [-0.1, -0.05) is 57.9 Å². The molecule has 1 aromatic carbocycles. The molecular weight excluding hydrogens is 597 g/mol. The lowest BCUT2D eigenvalue weighted by atomic mass is 9.86. The van der Waals surface area contributed by atoms with Crippen LogP contribution in [0.5, 0.6) is 5.88 Å². The fourth-order valence-electron chi connectivity index (χ4n) is 5.45. The van der Waals surface area contributed by atoms with E-state index >= 15 is 0 Å². The molecule has 0 aliphatic heterocycles. The number of carbonyl (C=O) groups excluding carboxylic acids is 2. The molecule has 2 N–H and O–H groups in total. The highest BCUT2D eigenvalue weighted by Gasteiger charge is 2.34. The molecule has 2 saturated carbocycles. The molecule has 1 amide bonds. The molecular formula is C32H40F5N5O3. The van der Waals surface area contributed by atoms with Crippen molar-refractivity contribution in [2.45, 2.75) is 90.8 Å². The van der Waals surface area contributed by atoms with Gasteiger partial charge < -0.3 is 15.4 Å². The molecule has 8 nitrogen and oxygen atoms in total. The number of ether oxygens (including phenoxy) is 1. The third-order valence-electron chi connectivity index (χ3n) is 8.01. The van der Waals surface area contributed by atoms with Gasteiger partial charge in [-0.15, -0.1) is 0 Å². The quantitative estimate of drug-likeness (QED) is 0.164. The first kappa shape index (κ1) is 34.1. The normalized spacial score (nSPS) is 15.5. The highest BCUT2D eigenvalue weighted by atomic mass is 19.4. The molecule has 0 radical (unpaired) electrons. The Hall–Kier alpha value is -3.77. The van der Waals surface area contributed by atoms with Crippen molar-refractivity contribution in [3.63, 3.8) is 0 Å². The fraction of sp³-hybridized carbons (Fsp3) is 0.562. The van der Waals surface area contributed by atoms with Crippen LogP contribution in [-0.2, 0) is 24.6 Å². The lowest BCUT2D eigenvalue weighted by molar-refractivity contribution is -0.137. The number of aromatic nitrogens is 3. The average molecular weight is 638 g/mol. The van der Waals surface area contributed by atoms with Crippen LogP contribution in [0.2, 0.25) is 0 Å². The number of nitrogens with zero attached hydrogens (tertiary/aromatic N) is 3. The maximum atomic E-state index is 13.7. The van der Waals surface area contributed by atoms with E-state index in [0.717, 1.165) is 24.8 Å². The largest absolute Gasteiger partial charge is 0.471 e. The van der Waals surface area contributed by atoms with Gasteiger partial charge in [0.2, 0.25) is 17.7 Å². The molecule has 2 heterocycles. The standard InChI is InChI=1S/C23H22F5N5O3.C9H18/c1-11(34)14-8-17-19(32-21(14)36-10-18(24)25)33(2)22(31-17)30-16-7-12(3-6-15(16)23(26,27)28)9-29-20(35)13-4-5-13;1-2-6-9-7-4-3-5-8-9/h3,6-8,13,18H,4-5,9-10H2,1-2H3,(H,29,35)(H,30,31);9H,2-8H2,1H3. The Balaban J connectivity index is 0.000000440. The summed E-state index contributed by atoms with van der Waals surface area (Å²) in [5.41, 5.74) is -0.649. The van der Waals surface area contributed by atoms with Gasteiger partial charge >= 0.3 is 6.18 Å². The molecule has 2 aliphatic rings. The summed E-state index contributed by atoms with van der Waals surface area (Å²) >= 11 is 0. The van der Waals surface area contributed by atoms with Gasteiger partial charge in [-0.3, -0.25) is 14.2 Å². The zero-order valence-corrected chi connectivity index (χ0v) is 25.8. The number of carbonyl (C=O) groups is 2. The number of pyridine rings is 1. The number of rotatable bonds is 11. The van der Waals surface area contributed by atoms with Crippen LogP contribution in [0.25, 0.3) is 11.2 Å². The highest BCUT2D eigenvalue weighted by Crippen LogP contribution is 2.37. The zero-order valence-electron chi connectivity index (χ0n) is 25.8. The second-order valence-corrected chi connectivity index (χ2v) is 11.7. The molecule has 5 rings (SSSR count). The summed E-state index contributed by atoms with van der Waals surface area (Å²) < 4.78 is 72.6. The lowest BCUT2D eigenvalue weighted by Gasteiger charge is -2.20. The van der Waals surface area contributed by atoms with Gasteiger partial charge in [-0.2, -0.15) is 18.2 Å². The van der Waals surface area contributed by atoms with Crippen LogP contribution in [0.3, 0.4) is 0 Å². The topological polar surface area (TPSA) is 98.1 Å². The first-order chi connectivity index (χ1) is 21.4. The van der Waals surface area contributed by atoms with E-state index in [9.17, 15) is 31.5 Å². The van der Waals surface area contributed by atoms with Crippen LogP contribution < -0.4 is 15.4 Å². The minimum absolute atomic E-state index is 0.0392. The van der Waals surface area contributed by atoms with Crippen molar-refractivity contribution >= 4 is 34.5 Å². The van der Waals surface area contributed by atoms with Crippen molar-refractivity contribution < 1.29 is 36.3 Å². The van der Waals surface area contributed by atoms with E-state index in [4.69, 9.17) is 4.74 Å². The van der Waals surface area contributed by atoms with Gasteiger partial charge in [0.05, 0.1) is 16.8 Å². The summed E-state index contributed by atoms with van der Waals surface area (Å²) in [6.07, 6.45) is 4.55. The van der Waals surface area contributed by atoms with E-state index in [1.165, 1.54) is 81.7 Å². The molecule has 0 spiro atoms. The number of Topliss-reactive ketones (excluding diaryl/α,β-unsaturated/α-hetero) is 1. The highest BCUT2D eigenvalue weighted by molar-refractivity contribution is 5.99. The summed E-state index contributed by atoms with van der Waals surface area (Å²) in [5.74, 6) is 0.0470. The molecule has 0 atom stereocenters. The SMILES string of the molecule is CC(=O)c1cc2nc(Nc3cc(CNC(=O)C4CC4)ccc3C(F)(F)F)n(C)c2nc1OCC(F)F.CCCC1CCCCC1. The number of imidazole rings is 1. The first-order valence-corrected chi connectivity index (χ1v) is 15.4. The molecule has 2 fully saturated rings. The molecule has 45 heavy (non-hydrogen) atoms. The Morgan fingerprint density at radius 3 is 2.38 bits per heavy atom. The smallest absolute Gasteiger partial charge is 0.418 e. The molecule has 0 unspecified atom stereocenters. The monoisotopic (exact) mass is 637 g/mol. The third kappa shape index (κ3) is 9.37. The van der Waals surface area contributed by atoms with Crippen molar-refractivity contribution in [1.82, 2.24) is 19.9 Å². The fourth-order valence-corrected chi connectivity index (χ4v) is 5.45. The minimum Gasteiger partial charge on any atom is -0.471 e. The predicted molar refractivity (Wildman–Crippen MR) is 161 cm³/mol. The maximum absolute atomic E-state index is 13.7. The van der Waals surface area contributed by atoms with Crippen LogP contribution in [0, 0.1) is 11.8 Å². The number of hydrogen-bond donors (Lipinski definition) is 2. The molecule has 3 aromatic rings. The number of anilines is 2. The Morgan fingerprint density at radius 2 is 1.78 bits per heavy atom. The van der Waals surface area contributed by atoms with E-state index < -0.39 is 30.6 Å².